The molecule has 0 aliphatic rings. The molecule has 36 heavy (non-hydrogen) atoms. The van der Waals surface area contributed by atoms with Crippen LogP contribution in [0, 0.1) is 0 Å². The molecule has 4 aromatic rings. The molecule has 12 nitrogen and oxygen atoms in total. The summed E-state index contributed by atoms with van der Waals surface area (Å²) in [5.41, 5.74) is 1.80. The smallest absolute Gasteiger partial charge is 0.273 e. The van der Waals surface area contributed by atoms with Crippen LogP contribution in [0.2, 0.25) is 0 Å². The van der Waals surface area contributed by atoms with Crippen LogP contribution in [0.5, 0.6) is 5.75 Å². The first-order chi connectivity index (χ1) is 17.4. The van der Waals surface area contributed by atoms with Gasteiger partial charge in [0.1, 0.15) is 6.33 Å². The zero-order chi connectivity index (χ0) is 25.7. The molecule has 0 spiro atoms. The third-order valence-corrected chi connectivity index (χ3v) is 5.76. The second kappa shape index (κ2) is 11.0. The summed E-state index contributed by atoms with van der Waals surface area (Å²) < 4.78 is 7.29. The molecule has 3 aromatic heterocycles. The van der Waals surface area contributed by atoms with Crippen LogP contribution >= 0.6 is 11.8 Å². The topological polar surface area (TPSA) is 145 Å². The maximum Gasteiger partial charge on any atom is 0.273 e. The zero-order valence-electron chi connectivity index (χ0n) is 20.5. The van der Waals surface area contributed by atoms with Crippen LogP contribution in [-0.4, -0.2) is 60.2 Å². The molecule has 1 aromatic carbocycles. The van der Waals surface area contributed by atoms with Crippen molar-refractivity contribution in [2.24, 2.45) is 7.05 Å². The van der Waals surface area contributed by atoms with Gasteiger partial charge in [-0.3, -0.25) is 9.48 Å². The number of anilines is 4. The van der Waals surface area contributed by atoms with Crippen LogP contribution in [0.4, 0.5) is 23.1 Å². The van der Waals surface area contributed by atoms with Gasteiger partial charge in [0.05, 0.1) is 24.0 Å². The first-order valence-electron chi connectivity index (χ1n) is 11.0. The molecule has 1 amide bonds. The number of hydrogen-bond donors (Lipinski definition) is 3. The number of amides is 1. The summed E-state index contributed by atoms with van der Waals surface area (Å²) >= 11 is 1.67. The number of ether oxygens (including phenoxy) is 1. The maximum atomic E-state index is 12.5. The van der Waals surface area contributed by atoms with Gasteiger partial charge in [-0.05, 0) is 12.1 Å². The van der Waals surface area contributed by atoms with Crippen molar-refractivity contribution < 1.29 is 9.53 Å². The second-order valence-corrected chi connectivity index (χ2v) is 9.51. The van der Waals surface area contributed by atoms with Gasteiger partial charge in [-0.1, -0.05) is 19.9 Å². The minimum atomic E-state index is -0.399. The molecule has 0 saturated heterocycles. The van der Waals surface area contributed by atoms with Gasteiger partial charge in [0.2, 0.25) is 5.95 Å². The van der Waals surface area contributed by atoms with Crippen LogP contribution in [0.3, 0.4) is 0 Å². The Morgan fingerprint density at radius 1 is 1.08 bits per heavy atom. The SMILES string of the molecule is CNC(=O)c1nnc(Nc2ncc(SC(C)C)cn2)cc1Nc1cccc(-c2ncn(C)n2)c1OC. The van der Waals surface area contributed by atoms with Crippen molar-refractivity contribution >= 4 is 40.8 Å². The molecular weight excluding hydrogens is 480 g/mol. The molecule has 0 aliphatic carbocycles. The number of methoxy groups -OCH3 is 1. The van der Waals surface area contributed by atoms with Crippen molar-refractivity contribution in [2.75, 3.05) is 24.8 Å². The Balaban J connectivity index is 1.66. The highest BCUT2D eigenvalue weighted by molar-refractivity contribution is 7.99. The normalized spacial score (nSPS) is 10.8. The van der Waals surface area contributed by atoms with Crippen molar-refractivity contribution in [3.05, 3.63) is 48.7 Å². The van der Waals surface area contributed by atoms with Crippen LogP contribution < -0.4 is 20.7 Å². The first-order valence-corrected chi connectivity index (χ1v) is 11.9. The molecule has 0 aliphatic heterocycles. The minimum absolute atomic E-state index is 0.107. The molecule has 0 unspecified atom stereocenters. The third-order valence-electron chi connectivity index (χ3n) is 4.80. The lowest BCUT2D eigenvalue weighted by Crippen LogP contribution is -2.21. The maximum absolute atomic E-state index is 12.5. The van der Waals surface area contributed by atoms with E-state index in [9.17, 15) is 4.79 Å². The van der Waals surface area contributed by atoms with Crippen molar-refractivity contribution in [3.63, 3.8) is 0 Å². The number of rotatable bonds is 9. The van der Waals surface area contributed by atoms with E-state index in [4.69, 9.17) is 4.74 Å². The van der Waals surface area contributed by atoms with Gasteiger partial charge in [-0.15, -0.1) is 22.0 Å². The van der Waals surface area contributed by atoms with E-state index >= 15 is 0 Å². The predicted molar refractivity (Wildman–Crippen MR) is 138 cm³/mol. The van der Waals surface area contributed by atoms with Gasteiger partial charge in [0.25, 0.3) is 5.91 Å². The molecule has 3 N–H and O–H groups in total. The van der Waals surface area contributed by atoms with E-state index in [0.29, 0.717) is 45.5 Å². The van der Waals surface area contributed by atoms with E-state index < -0.39 is 5.91 Å². The Kier molecular flexibility index (Phi) is 7.59. The number of para-hydroxylation sites is 1. The number of nitrogens with one attached hydrogen (secondary N) is 3. The predicted octanol–water partition coefficient (Wildman–Crippen LogP) is 3.42. The number of aryl methyl sites for hydroxylation is 1. The summed E-state index contributed by atoms with van der Waals surface area (Å²) in [5, 5.41) is 21.9. The Labute approximate surface area is 212 Å². The van der Waals surface area contributed by atoms with Crippen LogP contribution in [-0.2, 0) is 7.05 Å². The third kappa shape index (κ3) is 5.68. The zero-order valence-corrected chi connectivity index (χ0v) is 21.3. The van der Waals surface area contributed by atoms with Crippen LogP contribution in [0.1, 0.15) is 24.3 Å². The molecule has 0 radical (unpaired) electrons. The number of hydrogen-bond acceptors (Lipinski definition) is 11. The number of carbonyl (C=O) groups is 1. The second-order valence-electron chi connectivity index (χ2n) is 7.86. The molecule has 186 valence electrons. The van der Waals surface area contributed by atoms with Gasteiger partial charge in [-0.2, -0.15) is 5.10 Å². The van der Waals surface area contributed by atoms with Crippen molar-refractivity contribution in [1.29, 1.82) is 0 Å². The monoisotopic (exact) mass is 506 g/mol. The number of thioether (sulfide) groups is 1. The summed E-state index contributed by atoms with van der Waals surface area (Å²) in [6, 6.07) is 7.17. The van der Waals surface area contributed by atoms with E-state index in [0.717, 1.165) is 4.90 Å². The number of benzene rings is 1. The molecule has 0 atom stereocenters. The first kappa shape index (κ1) is 24.9. The summed E-state index contributed by atoms with van der Waals surface area (Å²) in [7, 11) is 4.87. The lowest BCUT2D eigenvalue weighted by Gasteiger charge is -2.16. The summed E-state index contributed by atoms with van der Waals surface area (Å²) in [4.78, 5) is 26.5. The standard InChI is InChI=1S/C23H26N10O2S/c1-13(2)36-14-10-25-23(26-11-14)29-18-9-17(19(31-30-18)22(34)24-3)28-16-8-6-7-15(20(16)35-5)21-27-12-33(4)32-21/h6-13H,1-5H3,(H,24,34)(H2,25,26,28,29,30). The molecule has 4 rings (SSSR count). The van der Waals surface area contributed by atoms with Crippen molar-refractivity contribution in [3.8, 4) is 17.1 Å². The lowest BCUT2D eigenvalue weighted by molar-refractivity contribution is 0.0958. The van der Waals surface area contributed by atoms with E-state index in [1.165, 1.54) is 7.05 Å². The molecule has 0 fully saturated rings. The van der Waals surface area contributed by atoms with Crippen molar-refractivity contribution in [1.82, 2.24) is 40.2 Å². The Hall–Kier alpha value is -4.26. The van der Waals surface area contributed by atoms with Gasteiger partial charge >= 0.3 is 0 Å². The fourth-order valence-electron chi connectivity index (χ4n) is 3.30. The summed E-state index contributed by atoms with van der Waals surface area (Å²) in [6.07, 6.45) is 5.10. The summed E-state index contributed by atoms with van der Waals surface area (Å²) in [6.45, 7) is 4.21. The molecular formula is C23H26N10O2S. The highest BCUT2D eigenvalue weighted by Crippen LogP contribution is 2.37. The number of carbonyl (C=O) groups excluding carboxylic acids is 1. The number of nitrogens with zero attached hydrogens (tertiary/aromatic N) is 7. The largest absolute Gasteiger partial charge is 0.494 e. The molecule has 3 heterocycles. The van der Waals surface area contributed by atoms with Gasteiger partial charge < -0.3 is 20.7 Å². The summed E-state index contributed by atoms with van der Waals surface area (Å²) in [5.74, 6) is 1.34. The molecule has 0 bridgehead atoms. The fraction of sp³-hybridized carbons (Fsp3) is 0.261. The Bertz CT molecular complexity index is 1360. The van der Waals surface area contributed by atoms with Gasteiger partial charge in [0, 0.05) is 42.7 Å². The minimum Gasteiger partial charge on any atom is -0.494 e. The van der Waals surface area contributed by atoms with E-state index in [-0.39, 0.29) is 5.69 Å². The van der Waals surface area contributed by atoms with Gasteiger partial charge in [-0.25, -0.2) is 15.0 Å². The van der Waals surface area contributed by atoms with Crippen LogP contribution in [0.15, 0.2) is 47.9 Å². The fourth-order valence-corrected chi connectivity index (χ4v) is 4.07. The number of aromatic nitrogens is 7. The lowest BCUT2D eigenvalue weighted by atomic mass is 10.1. The van der Waals surface area contributed by atoms with E-state index in [2.05, 4.69) is 60.0 Å². The Morgan fingerprint density at radius 2 is 1.86 bits per heavy atom. The highest BCUT2D eigenvalue weighted by atomic mass is 32.2. The average Bonchev–Trinajstić information content (AvgIpc) is 3.30. The van der Waals surface area contributed by atoms with E-state index in [1.807, 2.05) is 18.2 Å². The van der Waals surface area contributed by atoms with Crippen LogP contribution in [0.25, 0.3) is 11.4 Å². The quantitative estimate of drug-likeness (QED) is 0.287. The Morgan fingerprint density at radius 3 is 2.50 bits per heavy atom. The molecule has 0 saturated carbocycles. The molecule has 13 heteroatoms. The highest BCUT2D eigenvalue weighted by Gasteiger charge is 2.19. The van der Waals surface area contributed by atoms with Crippen molar-refractivity contribution in [2.45, 2.75) is 24.0 Å². The van der Waals surface area contributed by atoms with E-state index in [1.54, 1.807) is 55.4 Å². The average molecular weight is 507 g/mol. The van der Waals surface area contributed by atoms with Gasteiger partial charge in [0.15, 0.2) is 23.1 Å².